The van der Waals surface area contributed by atoms with E-state index in [4.69, 9.17) is 0 Å². The molecule has 0 amide bonds. The zero-order valence-corrected chi connectivity index (χ0v) is 12.9. The summed E-state index contributed by atoms with van der Waals surface area (Å²) < 4.78 is 27.4. The molecule has 1 aromatic carbocycles. The number of carboxylic acid groups (broad SMARTS) is 1. The molecule has 0 spiro atoms. The first-order chi connectivity index (χ1) is 10.5. The number of aromatic nitrogens is 1. The molecule has 7 heteroatoms. The van der Waals surface area contributed by atoms with Crippen LogP contribution < -0.4 is 0 Å². The Kier molecular flexibility index (Phi) is 3.92. The molecule has 1 aliphatic rings. The van der Waals surface area contributed by atoms with Gasteiger partial charge in [-0.15, -0.1) is 0 Å². The third kappa shape index (κ3) is 2.62. The Morgan fingerprint density at radius 2 is 1.82 bits per heavy atom. The lowest BCUT2D eigenvalue weighted by molar-refractivity contribution is 0.0697. The van der Waals surface area contributed by atoms with Gasteiger partial charge in [0.2, 0.25) is 10.0 Å². The molecule has 0 aliphatic carbocycles. The lowest BCUT2D eigenvalue weighted by atomic mass is 10.1. The molecule has 0 saturated carbocycles. The maximum Gasteiger partial charge on any atom is 0.335 e. The molecule has 22 heavy (non-hydrogen) atoms. The van der Waals surface area contributed by atoms with Crippen molar-refractivity contribution in [1.82, 2.24) is 9.29 Å². The lowest BCUT2D eigenvalue weighted by Gasteiger charge is -2.20. The molecule has 0 radical (unpaired) electrons. The molecule has 1 fully saturated rings. The third-order valence-corrected chi connectivity index (χ3v) is 6.00. The van der Waals surface area contributed by atoms with Gasteiger partial charge in [-0.2, -0.15) is 4.31 Å². The number of H-pyrrole nitrogens is 1. The molecule has 118 valence electrons. The average molecular weight is 322 g/mol. The van der Waals surface area contributed by atoms with Crippen molar-refractivity contribution in [3.05, 3.63) is 30.0 Å². The zero-order valence-electron chi connectivity index (χ0n) is 12.1. The standard InChI is InChI=1S/C15H18N2O4S/c18-15(19)11-9-13-12(5-6-16-13)14(10-11)22(20,21)17-7-3-1-2-4-8-17/h5-6,9-10,16H,1-4,7-8H2,(H,18,19). The van der Waals surface area contributed by atoms with E-state index in [1.807, 2.05) is 0 Å². The summed E-state index contributed by atoms with van der Waals surface area (Å²) in [6.07, 6.45) is 5.36. The monoisotopic (exact) mass is 322 g/mol. The van der Waals surface area contributed by atoms with Gasteiger partial charge in [0, 0.05) is 30.2 Å². The minimum absolute atomic E-state index is 0.0247. The van der Waals surface area contributed by atoms with Crippen molar-refractivity contribution in [3.63, 3.8) is 0 Å². The van der Waals surface area contributed by atoms with Gasteiger partial charge in [-0.1, -0.05) is 12.8 Å². The summed E-state index contributed by atoms with van der Waals surface area (Å²) in [5, 5.41) is 9.74. The van der Waals surface area contributed by atoms with Crippen LogP contribution in [0.5, 0.6) is 0 Å². The highest BCUT2D eigenvalue weighted by atomic mass is 32.2. The van der Waals surface area contributed by atoms with E-state index in [9.17, 15) is 18.3 Å². The number of nitrogens with zero attached hydrogens (tertiary/aromatic N) is 1. The number of aromatic carboxylic acids is 1. The van der Waals surface area contributed by atoms with Crippen molar-refractivity contribution in [2.45, 2.75) is 30.6 Å². The SMILES string of the molecule is O=C(O)c1cc(S(=O)(=O)N2CCCCCC2)c2cc[nH]c2c1. The predicted molar refractivity (Wildman–Crippen MR) is 82.5 cm³/mol. The maximum absolute atomic E-state index is 12.9. The number of fused-ring (bicyclic) bond motifs is 1. The molecule has 1 aromatic heterocycles. The topological polar surface area (TPSA) is 90.5 Å². The molecule has 0 atom stereocenters. The van der Waals surface area contributed by atoms with Crippen LogP contribution in [0, 0.1) is 0 Å². The van der Waals surface area contributed by atoms with E-state index in [-0.39, 0.29) is 10.5 Å². The van der Waals surface area contributed by atoms with Crippen LogP contribution in [0.2, 0.25) is 0 Å². The highest BCUT2D eigenvalue weighted by Gasteiger charge is 2.28. The second kappa shape index (κ2) is 5.73. The van der Waals surface area contributed by atoms with E-state index in [2.05, 4.69) is 4.98 Å². The molecule has 1 aliphatic heterocycles. The van der Waals surface area contributed by atoms with Crippen molar-refractivity contribution in [2.75, 3.05) is 13.1 Å². The van der Waals surface area contributed by atoms with E-state index in [1.165, 1.54) is 16.4 Å². The van der Waals surface area contributed by atoms with E-state index in [1.54, 1.807) is 12.3 Å². The van der Waals surface area contributed by atoms with Crippen LogP contribution in [0.1, 0.15) is 36.0 Å². The molecule has 1 saturated heterocycles. The van der Waals surface area contributed by atoms with Gasteiger partial charge in [0.15, 0.2) is 0 Å². The van der Waals surface area contributed by atoms with Crippen molar-refractivity contribution in [3.8, 4) is 0 Å². The van der Waals surface area contributed by atoms with Gasteiger partial charge in [0.05, 0.1) is 10.5 Å². The second-order valence-electron chi connectivity index (χ2n) is 5.54. The summed E-state index contributed by atoms with van der Waals surface area (Å²) in [6, 6.07) is 4.39. The van der Waals surface area contributed by atoms with Gasteiger partial charge in [-0.05, 0) is 31.0 Å². The van der Waals surface area contributed by atoms with Crippen molar-refractivity contribution >= 4 is 26.9 Å². The predicted octanol–water partition coefficient (Wildman–Crippen LogP) is 2.43. The van der Waals surface area contributed by atoms with Gasteiger partial charge in [-0.25, -0.2) is 13.2 Å². The molecule has 2 N–H and O–H groups in total. The number of benzene rings is 1. The number of carboxylic acids is 1. The highest BCUT2D eigenvalue weighted by Crippen LogP contribution is 2.28. The van der Waals surface area contributed by atoms with Crippen LogP contribution in [-0.2, 0) is 10.0 Å². The van der Waals surface area contributed by atoms with Crippen LogP contribution in [0.15, 0.2) is 29.3 Å². The smallest absolute Gasteiger partial charge is 0.335 e. The minimum atomic E-state index is -3.69. The van der Waals surface area contributed by atoms with Gasteiger partial charge < -0.3 is 10.1 Å². The molecular weight excluding hydrogens is 304 g/mol. The molecular formula is C15H18N2O4S. The van der Waals surface area contributed by atoms with E-state index in [0.717, 1.165) is 25.7 Å². The van der Waals surface area contributed by atoms with Gasteiger partial charge in [0.25, 0.3) is 0 Å². The quantitative estimate of drug-likeness (QED) is 0.908. The first-order valence-electron chi connectivity index (χ1n) is 7.35. The summed E-state index contributed by atoms with van der Waals surface area (Å²) in [5.41, 5.74) is 0.497. The van der Waals surface area contributed by atoms with Gasteiger partial charge >= 0.3 is 5.97 Å². The number of hydrogen-bond acceptors (Lipinski definition) is 3. The fraction of sp³-hybridized carbons (Fsp3) is 0.400. The molecule has 6 nitrogen and oxygen atoms in total. The Morgan fingerprint density at radius 1 is 1.14 bits per heavy atom. The van der Waals surface area contributed by atoms with Crippen LogP contribution in [0.4, 0.5) is 0 Å². The Balaban J connectivity index is 2.14. The normalized spacial score (nSPS) is 17.5. The molecule has 2 heterocycles. The minimum Gasteiger partial charge on any atom is -0.478 e. The maximum atomic E-state index is 12.9. The zero-order chi connectivity index (χ0) is 15.7. The highest BCUT2D eigenvalue weighted by molar-refractivity contribution is 7.89. The Bertz CT molecular complexity index is 802. The van der Waals surface area contributed by atoms with Crippen LogP contribution >= 0.6 is 0 Å². The second-order valence-corrected chi connectivity index (χ2v) is 7.44. The van der Waals surface area contributed by atoms with E-state index >= 15 is 0 Å². The van der Waals surface area contributed by atoms with Crippen molar-refractivity contribution in [2.24, 2.45) is 0 Å². The average Bonchev–Trinajstić information content (AvgIpc) is 2.77. The van der Waals surface area contributed by atoms with Crippen LogP contribution in [0.3, 0.4) is 0 Å². The first kappa shape index (κ1) is 15.1. The number of aromatic amines is 1. The Labute approximate surface area is 128 Å². The first-order valence-corrected chi connectivity index (χ1v) is 8.79. The van der Waals surface area contributed by atoms with Gasteiger partial charge in [0.1, 0.15) is 0 Å². The van der Waals surface area contributed by atoms with E-state index in [0.29, 0.717) is 24.0 Å². The summed E-state index contributed by atoms with van der Waals surface area (Å²) in [6.45, 7) is 0.983. The molecule has 3 rings (SSSR count). The Morgan fingerprint density at radius 3 is 2.45 bits per heavy atom. The third-order valence-electron chi connectivity index (χ3n) is 4.06. The fourth-order valence-corrected chi connectivity index (χ4v) is 4.64. The summed E-state index contributed by atoms with van der Waals surface area (Å²) in [5.74, 6) is -1.14. The number of nitrogens with one attached hydrogen (secondary N) is 1. The lowest BCUT2D eigenvalue weighted by Crippen LogP contribution is -2.32. The number of hydrogen-bond donors (Lipinski definition) is 2. The molecule has 2 aromatic rings. The van der Waals surface area contributed by atoms with Crippen molar-refractivity contribution < 1.29 is 18.3 Å². The number of carbonyl (C=O) groups is 1. The molecule has 0 unspecified atom stereocenters. The molecule has 0 bridgehead atoms. The fourth-order valence-electron chi connectivity index (χ4n) is 2.89. The van der Waals surface area contributed by atoms with Crippen LogP contribution in [-0.4, -0.2) is 41.9 Å². The van der Waals surface area contributed by atoms with E-state index < -0.39 is 16.0 Å². The number of sulfonamides is 1. The van der Waals surface area contributed by atoms with Gasteiger partial charge in [-0.3, -0.25) is 0 Å². The Hall–Kier alpha value is -1.86. The summed E-state index contributed by atoms with van der Waals surface area (Å²) in [7, 11) is -3.69. The van der Waals surface area contributed by atoms with Crippen molar-refractivity contribution in [1.29, 1.82) is 0 Å². The summed E-state index contributed by atoms with van der Waals surface area (Å²) >= 11 is 0. The largest absolute Gasteiger partial charge is 0.478 e. The summed E-state index contributed by atoms with van der Waals surface area (Å²) in [4.78, 5) is 14.2. The number of rotatable bonds is 3. The van der Waals surface area contributed by atoms with Crippen LogP contribution in [0.25, 0.3) is 10.9 Å².